The molecule has 2 unspecified atom stereocenters. The van der Waals surface area contributed by atoms with E-state index in [2.05, 4.69) is 5.32 Å². The van der Waals surface area contributed by atoms with Gasteiger partial charge in [0.2, 0.25) is 11.8 Å². The van der Waals surface area contributed by atoms with E-state index in [-0.39, 0.29) is 30.4 Å². The second-order valence-electron chi connectivity index (χ2n) is 3.75. The van der Waals surface area contributed by atoms with Crippen molar-refractivity contribution in [3.63, 3.8) is 0 Å². The van der Waals surface area contributed by atoms with Crippen LogP contribution in [0, 0.1) is 0 Å². The molecule has 0 aromatic rings. The maximum absolute atomic E-state index is 11.8. The lowest BCUT2D eigenvalue weighted by molar-refractivity contribution is -0.146. The first-order valence-corrected chi connectivity index (χ1v) is 5.20. The van der Waals surface area contributed by atoms with Gasteiger partial charge in [-0.1, -0.05) is 13.8 Å². The quantitative estimate of drug-likeness (QED) is 0.718. The third-order valence-corrected chi connectivity index (χ3v) is 2.76. The number of piperazine rings is 1. The molecule has 0 saturated carbocycles. The van der Waals surface area contributed by atoms with Crippen molar-refractivity contribution in [2.24, 2.45) is 0 Å². The fourth-order valence-corrected chi connectivity index (χ4v) is 1.60. The SMILES string of the molecule is CCC1NC(=O)CN(C(C)CC)C1=O. The Bertz CT molecular complexity index is 240. The number of hydrogen-bond acceptors (Lipinski definition) is 2. The van der Waals surface area contributed by atoms with Crippen molar-refractivity contribution in [1.29, 1.82) is 0 Å². The molecule has 0 bridgehead atoms. The third-order valence-electron chi connectivity index (χ3n) is 2.76. The minimum Gasteiger partial charge on any atom is -0.343 e. The zero-order chi connectivity index (χ0) is 10.7. The van der Waals surface area contributed by atoms with E-state index in [9.17, 15) is 9.59 Å². The summed E-state index contributed by atoms with van der Waals surface area (Å²) in [5.74, 6) is 0.0122. The number of rotatable bonds is 3. The normalized spacial score (nSPS) is 24.8. The third kappa shape index (κ3) is 2.05. The summed E-state index contributed by atoms with van der Waals surface area (Å²) in [6.45, 7) is 6.11. The van der Waals surface area contributed by atoms with Gasteiger partial charge in [0.1, 0.15) is 6.04 Å². The second kappa shape index (κ2) is 4.44. The van der Waals surface area contributed by atoms with E-state index in [4.69, 9.17) is 0 Å². The summed E-state index contributed by atoms with van der Waals surface area (Å²) in [5.41, 5.74) is 0. The predicted octanol–water partition coefficient (Wildman–Crippen LogP) is 0.522. The Morgan fingerprint density at radius 3 is 2.64 bits per heavy atom. The zero-order valence-electron chi connectivity index (χ0n) is 9.04. The average Bonchev–Trinajstić information content (AvgIpc) is 2.19. The summed E-state index contributed by atoms with van der Waals surface area (Å²) in [4.78, 5) is 24.8. The van der Waals surface area contributed by atoms with Gasteiger partial charge in [-0.3, -0.25) is 9.59 Å². The standard InChI is InChI=1S/C10H18N2O2/c1-4-7(3)12-6-9(13)11-8(5-2)10(12)14/h7-8H,4-6H2,1-3H3,(H,11,13). The molecule has 1 heterocycles. The molecule has 14 heavy (non-hydrogen) atoms. The van der Waals surface area contributed by atoms with E-state index in [1.807, 2.05) is 20.8 Å². The highest BCUT2D eigenvalue weighted by atomic mass is 16.2. The van der Waals surface area contributed by atoms with Crippen molar-refractivity contribution < 1.29 is 9.59 Å². The molecule has 0 aromatic heterocycles. The Morgan fingerprint density at radius 1 is 1.50 bits per heavy atom. The highest BCUT2D eigenvalue weighted by Gasteiger charge is 2.33. The summed E-state index contributed by atoms with van der Waals surface area (Å²) in [6.07, 6.45) is 1.55. The Kier molecular flexibility index (Phi) is 3.49. The van der Waals surface area contributed by atoms with Gasteiger partial charge in [-0.05, 0) is 19.8 Å². The Labute approximate surface area is 84.7 Å². The highest BCUT2D eigenvalue weighted by molar-refractivity contribution is 5.94. The van der Waals surface area contributed by atoms with Crippen molar-refractivity contribution in [3.05, 3.63) is 0 Å². The first-order valence-electron chi connectivity index (χ1n) is 5.20. The van der Waals surface area contributed by atoms with Gasteiger partial charge in [0.25, 0.3) is 0 Å². The molecule has 1 saturated heterocycles. The van der Waals surface area contributed by atoms with Crippen LogP contribution in [-0.2, 0) is 9.59 Å². The highest BCUT2D eigenvalue weighted by Crippen LogP contribution is 2.11. The van der Waals surface area contributed by atoms with Gasteiger partial charge in [-0.2, -0.15) is 0 Å². The molecule has 0 aliphatic carbocycles. The number of carbonyl (C=O) groups excluding carboxylic acids is 2. The van der Waals surface area contributed by atoms with Gasteiger partial charge >= 0.3 is 0 Å². The molecule has 1 rings (SSSR count). The van der Waals surface area contributed by atoms with Crippen molar-refractivity contribution in [1.82, 2.24) is 10.2 Å². The van der Waals surface area contributed by atoms with Crippen molar-refractivity contribution in [2.45, 2.75) is 45.7 Å². The summed E-state index contributed by atoms with van der Waals surface area (Å²) in [7, 11) is 0. The van der Waals surface area contributed by atoms with Crippen LogP contribution in [-0.4, -0.2) is 35.3 Å². The summed E-state index contributed by atoms with van der Waals surface area (Å²) in [6, 6.07) is -0.159. The molecular formula is C10H18N2O2. The second-order valence-corrected chi connectivity index (χ2v) is 3.75. The summed E-state index contributed by atoms with van der Waals surface area (Å²) in [5, 5.41) is 2.69. The number of nitrogens with one attached hydrogen (secondary N) is 1. The predicted molar refractivity (Wildman–Crippen MR) is 53.7 cm³/mol. The maximum atomic E-state index is 11.8. The number of hydrogen-bond donors (Lipinski definition) is 1. The van der Waals surface area contributed by atoms with Gasteiger partial charge in [0.15, 0.2) is 0 Å². The molecule has 4 heteroatoms. The minimum atomic E-state index is -0.315. The number of carbonyl (C=O) groups is 2. The topological polar surface area (TPSA) is 49.4 Å². The van der Waals surface area contributed by atoms with Gasteiger partial charge in [-0.15, -0.1) is 0 Å². The first kappa shape index (κ1) is 11.0. The number of nitrogens with zero attached hydrogens (tertiary/aromatic N) is 1. The van der Waals surface area contributed by atoms with Gasteiger partial charge < -0.3 is 10.2 Å². The van der Waals surface area contributed by atoms with Crippen LogP contribution in [0.25, 0.3) is 0 Å². The molecule has 4 nitrogen and oxygen atoms in total. The molecule has 2 amide bonds. The van der Waals surface area contributed by atoms with Crippen LogP contribution in [0.2, 0.25) is 0 Å². The lowest BCUT2D eigenvalue weighted by Crippen LogP contribution is -2.59. The largest absolute Gasteiger partial charge is 0.343 e. The molecule has 80 valence electrons. The molecule has 0 aromatic carbocycles. The Morgan fingerprint density at radius 2 is 2.14 bits per heavy atom. The van der Waals surface area contributed by atoms with E-state index in [0.717, 1.165) is 6.42 Å². The lowest BCUT2D eigenvalue weighted by Gasteiger charge is -2.35. The van der Waals surface area contributed by atoms with Crippen molar-refractivity contribution in [3.8, 4) is 0 Å². The molecular weight excluding hydrogens is 180 g/mol. The molecule has 1 fully saturated rings. The fourth-order valence-electron chi connectivity index (χ4n) is 1.60. The van der Waals surface area contributed by atoms with Crippen LogP contribution < -0.4 is 5.32 Å². The van der Waals surface area contributed by atoms with E-state index >= 15 is 0 Å². The van der Waals surface area contributed by atoms with Crippen LogP contribution in [0.4, 0.5) is 0 Å². The lowest BCUT2D eigenvalue weighted by atomic mass is 10.1. The van der Waals surface area contributed by atoms with Crippen LogP contribution in [0.3, 0.4) is 0 Å². The number of amides is 2. The van der Waals surface area contributed by atoms with Gasteiger partial charge in [0, 0.05) is 6.04 Å². The Hall–Kier alpha value is -1.06. The van der Waals surface area contributed by atoms with Crippen LogP contribution in [0.1, 0.15) is 33.6 Å². The molecule has 1 N–H and O–H groups in total. The van der Waals surface area contributed by atoms with Gasteiger partial charge in [0.05, 0.1) is 6.54 Å². The minimum absolute atomic E-state index is 0.0447. The van der Waals surface area contributed by atoms with Gasteiger partial charge in [-0.25, -0.2) is 0 Å². The molecule has 1 aliphatic heterocycles. The molecule has 0 spiro atoms. The van der Waals surface area contributed by atoms with Crippen LogP contribution in [0.5, 0.6) is 0 Å². The smallest absolute Gasteiger partial charge is 0.245 e. The molecule has 2 atom stereocenters. The van der Waals surface area contributed by atoms with E-state index in [1.165, 1.54) is 0 Å². The van der Waals surface area contributed by atoms with Crippen molar-refractivity contribution in [2.75, 3.05) is 6.54 Å². The first-order chi connectivity index (χ1) is 6.60. The zero-order valence-corrected chi connectivity index (χ0v) is 9.04. The van der Waals surface area contributed by atoms with Crippen molar-refractivity contribution >= 4 is 11.8 Å². The average molecular weight is 198 g/mol. The summed E-state index contributed by atoms with van der Waals surface area (Å²) >= 11 is 0. The maximum Gasteiger partial charge on any atom is 0.245 e. The monoisotopic (exact) mass is 198 g/mol. The molecule has 1 aliphatic rings. The Balaban J connectivity index is 2.74. The summed E-state index contributed by atoms with van der Waals surface area (Å²) < 4.78 is 0. The van der Waals surface area contributed by atoms with Crippen LogP contribution >= 0.6 is 0 Å². The van der Waals surface area contributed by atoms with Crippen LogP contribution in [0.15, 0.2) is 0 Å². The van der Waals surface area contributed by atoms with E-state index in [1.54, 1.807) is 4.90 Å². The molecule has 0 radical (unpaired) electrons. The van der Waals surface area contributed by atoms with E-state index < -0.39 is 0 Å². The fraction of sp³-hybridized carbons (Fsp3) is 0.800. The van der Waals surface area contributed by atoms with E-state index in [0.29, 0.717) is 6.42 Å².